The van der Waals surface area contributed by atoms with E-state index >= 15 is 0 Å². The minimum atomic E-state index is -0.235. The van der Waals surface area contributed by atoms with E-state index < -0.39 is 0 Å². The number of carbonyl (C=O) groups excluding carboxylic acids is 1. The van der Waals surface area contributed by atoms with Crippen molar-refractivity contribution in [2.24, 2.45) is 0 Å². The monoisotopic (exact) mass is 305 g/mol. The van der Waals surface area contributed by atoms with Gasteiger partial charge in [-0.2, -0.15) is 0 Å². The zero-order valence-electron chi connectivity index (χ0n) is 12.8. The van der Waals surface area contributed by atoms with Crippen LogP contribution in [0.15, 0.2) is 35.1 Å². The predicted molar refractivity (Wildman–Crippen MR) is 80.8 cm³/mol. The Bertz CT molecular complexity index is 622. The minimum absolute atomic E-state index is 0.235. The predicted octanol–water partition coefficient (Wildman–Crippen LogP) is 2.28. The summed E-state index contributed by atoms with van der Waals surface area (Å²) < 4.78 is 20.8. The standard InChI is InChI=1S/C16H19NO5/c1-19-13-5-4-12(14(20-2)15(13)21-3)16(18)17-8-6-11-7-9-22-10-11/h4-5,7,9-10H,6,8H2,1-3H3,(H,17,18). The molecule has 0 unspecified atom stereocenters. The van der Waals surface area contributed by atoms with Gasteiger partial charge in [0.05, 0.1) is 39.4 Å². The third-order valence-electron chi connectivity index (χ3n) is 3.23. The first-order valence-electron chi connectivity index (χ1n) is 6.79. The van der Waals surface area contributed by atoms with Gasteiger partial charge in [0.25, 0.3) is 5.91 Å². The SMILES string of the molecule is COc1ccc(C(=O)NCCc2ccoc2)c(OC)c1OC. The highest BCUT2D eigenvalue weighted by Gasteiger charge is 2.20. The summed E-state index contributed by atoms with van der Waals surface area (Å²) in [6.07, 6.45) is 3.95. The highest BCUT2D eigenvalue weighted by Crippen LogP contribution is 2.39. The second-order valence-electron chi connectivity index (χ2n) is 4.52. The van der Waals surface area contributed by atoms with Crippen molar-refractivity contribution < 1.29 is 23.4 Å². The molecule has 1 aromatic heterocycles. The van der Waals surface area contributed by atoms with Crippen molar-refractivity contribution in [2.45, 2.75) is 6.42 Å². The lowest BCUT2D eigenvalue weighted by atomic mass is 10.1. The van der Waals surface area contributed by atoms with E-state index in [1.165, 1.54) is 21.3 Å². The second-order valence-corrected chi connectivity index (χ2v) is 4.52. The molecule has 1 N–H and O–H groups in total. The molecule has 118 valence electrons. The van der Waals surface area contributed by atoms with E-state index in [0.717, 1.165) is 5.56 Å². The summed E-state index contributed by atoms with van der Waals surface area (Å²) in [7, 11) is 4.52. The molecular formula is C16H19NO5. The molecule has 0 aliphatic rings. The van der Waals surface area contributed by atoms with Gasteiger partial charge in [0.15, 0.2) is 11.5 Å². The topological polar surface area (TPSA) is 69.9 Å². The molecule has 2 aromatic rings. The number of rotatable bonds is 7. The number of benzene rings is 1. The summed E-state index contributed by atoms with van der Waals surface area (Å²) in [5.41, 5.74) is 1.42. The van der Waals surface area contributed by atoms with Crippen LogP contribution in [0, 0.1) is 0 Å². The van der Waals surface area contributed by atoms with E-state index in [0.29, 0.717) is 35.8 Å². The van der Waals surface area contributed by atoms with Gasteiger partial charge in [-0.3, -0.25) is 4.79 Å². The number of amides is 1. The van der Waals surface area contributed by atoms with E-state index in [1.54, 1.807) is 24.7 Å². The number of nitrogens with one attached hydrogen (secondary N) is 1. The van der Waals surface area contributed by atoms with Crippen LogP contribution in [0.1, 0.15) is 15.9 Å². The van der Waals surface area contributed by atoms with Crippen LogP contribution < -0.4 is 19.5 Å². The molecule has 0 bridgehead atoms. The lowest BCUT2D eigenvalue weighted by Crippen LogP contribution is -2.26. The highest BCUT2D eigenvalue weighted by atomic mass is 16.5. The van der Waals surface area contributed by atoms with Gasteiger partial charge in [-0.1, -0.05) is 0 Å². The fraction of sp³-hybridized carbons (Fsp3) is 0.312. The molecule has 22 heavy (non-hydrogen) atoms. The van der Waals surface area contributed by atoms with Crippen LogP contribution in [0.3, 0.4) is 0 Å². The molecule has 2 rings (SSSR count). The summed E-state index contributed by atoms with van der Waals surface area (Å²) >= 11 is 0. The van der Waals surface area contributed by atoms with Gasteiger partial charge >= 0.3 is 0 Å². The van der Waals surface area contributed by atoms with Crippen LogP contribution in [0.25, 0.3) is 0 Å². The third-order valence-corrected chi connectivity index (χ3v) is 3.23. The van der Waals surface area contributed by atoms with Gasteiger partial charge in [-0.15, -0.1) is 0 Å². The summed E-state index contributed by atoms with van der Waals surface area (Å²) in [5, 5.41) is 2.84. The van der Waals surface area contributed by atoms with Crippen molar-refractivity contribution in [3.8, 4) is 17.2 Å². The quantitative estimate of drug-likeness (QED) is 0.850. The first-order valence-corrected chi connectivity index (χ1v) is 6.79. The van der Waals surface area contributed by atoms with Crippen molar-refractivity contribution >= 4 is 5.91 Å². The summed E-state index contributed by atoms with van der Waals surface area (Å²) in [6, 6.07) is 5.18. The van der Waals surface area contributed by atoms with Crippen LogP contribution in [-0.2, 0) is 6.42 Å². The third kappa shape index (κ3) is 3.33. The minimum Gasteiger partial charge on any atom is -0.493 e. The van der Waals surface area contributed by atoms with Crippen LogP contribution in [0.2, 0.25) is 0 Å². The number of hydrogen-bond acceptors (Lipinski definition) is 5. The lowest BCUT2D eigenvalue weighted by molar-refractivity contribution is 0.0950. The Kier molecular flexibility index (Phi) is 5.30. The number of hydrogen-bond donors (Lipinski definition) is 1. The summed E-state index contributed by atoms with van der Waals surface area (Å²) in [6.45, 7) is 0.496. The molecule has 6 heteroatoms. The number of ether oxygens (including phenoxy) is 3. The zero-order valence-corrected chi connectivity index (χ0v) is 12.8. The molecule has 1 aromatic carbocycles. The second kappa shape index (κ2) is 7.40. The van der Waals surface area contributed by atoms with E-state index in [-0.39, 0.29) is 5.91 Å². The molecule has 1 heterocycles. The Balaban J connectivity index is 2.11. The van der Waals surface area contributed by atoms with E-state index in [2.05, 4.69) is 5.32 Å². The van der Waals surface area contributed by atoms with Crippen LogP contribution in [0.5, 0.6) is 17.2 Å². The molecule has 6 nitrogen and oxygen atoms in total. The average Bonchev–Trinajstić information content (AvgIpc) is 3.06. The van der Waals surface area contributed by atoms with Gasteiger partial charge in [0, 0.05) is 6.54 Å². The summed E-state index contributed by atoms with van der Waals surface area (Å²) in [4.78, 5) is 12.3. The van der Waals surface area contributed by atoms with Gasteiger partial charge in [-0.25, -0.2) is 0 Å². The van der Waals surface area contributed by atoms with Crippen LogP contribution in [-0.4, -0.2) is 33.8 Å². The number of carbonyl (C=O) groups is 1. The highest BCUT2D eigenvalue weighted by molar-refractivity contribution is 5.98. The Morgan fingerprint density at radius 1 is 1.09 bits per heavy atom. The molecule has 0 fully saturated rings. The number of methoxy groups -OCH3 is 3. The Morgan fingerprint density at radius 2 is 1.86 bits per heavy atom. The van der Waals surface area contributed by atoms with E-state index in [4.69, 9.17) is 18.6 Å². The molecule has 0 saturated carbocycles. The van der Waals surface area contributed by atoms with Crippen LogP contribution in [0.4, 0.5) is 0 Å². The summed E-state index contributed by atoms with van der Waals surface area (Å²) in [5.74, 6) is 1.02. The maximum atomic E-state index is 12.3. The van der Waals surface area contributed by atoms with Crippen molar-refractivity contribution in [1.82, 2.24) is 5.32 Å². The zero-order chi connectivity index (χ0) is 15.9. The van der Waals surface area contributed by atoms with E-state index in [9.17, 15) is 4.79 Å². The molecule has 0 spiro atoms. The smallest absolute Gasteiger partial charge is 0.255 e. The fourth-order valence-corrected chi connectivity index (χ4v) is 2.13. The van der Waals surface area contributed by atoms with E-state index in [1.807, 2.05) is 6.07 Å². The van der Waals surface area contributed by atoms with Crippen molar-refractivity contribution in [3.05, 3.63) is 41.9 Å². The maximum absolute atomic E-state index is 12.3. The van der Waals surface area contributed by atoms with Gasteiger partial charge in [0.1, 0.15) is 0 Å². The molecular weight excluding hydrogens is 286 g/mol. The van der Waals surface area contributed by atoms with Crippen molar-refractivity contribution in [2.75, 3.05) is 27.9 Å². The molecule has 1 amide bonds. The first kappa shape index (κ1) is 15.8. The van der Waals surface area contributed by atoms with Crippen LogP contribution >= 0.6 is 0 Å². The average molecular weight is 305 g/mol. The molecule has 0 aliphatic heterocycles. The lowest BCUT2D eigenvalue weighted by Gasteiger charge is -2.15. The Labute approximate surface area is 129 Å². The normalized spacial score (nSPS) is 10.1. The molecule has 0 atom stereocenters. The van der Waals surface area contributed by atoms with Gasteiger partial charge in [-0.05, 0) is 30.2 Å². The maximum Gasteiger partial charge on any atom is 0.255 e. The largest absolute Gasteiger partial charge is 0.493 e. The molecule has 0 aliphatic carbocycles. The van der Waals surface area contributed by atoms with Gasteiger partial charge in [0.2, 0.25) is 5.75 Å². The number of furan rings is 1. The van der Waals surface area contributed by atoms with Crippen molar-refractivity contribution in [3.63, 3.8) is 0 Å². The molecule has 0 radical (unpaired) electrons. The van der Waals surface area contributed by atoms with Gasteiger partial charge < -0.3 is 23.9 Å². The Morgan fingerprint density at radius 3 is 2.45 bits per heavy atom. The Hall–Kier alpha value is -2.63. The first-order chi connectivity index (χ1) is 10.7. The fourth-order valence-electron chi connectivity index (χ4n) is 2.13. The van der Waals surface area contributed by atoms with Crippen molar-refractivity contribution in [1.29, 1.82) is 0 Å². The molecule has 0 saturated heterocycles.